The number of phosphoric ester groups is 1. The van der Waals surface area contributed by atoms with Crippen molar-refractivity contribution in [1.82, 2.24) is 0 Å². The molecule has 74 heavy (non-hydrogen) atoms. The maximum atomic E-state index is 12.9. The number of ether oxygens (including phenoxy) is 3. The van der Waals surface area contributed by atoms with Crippen molar-refractivity contribution >= 4 is 25.7 Å². The van der Waals surface area contributed by atoms with E-state index in [1.54, 1.807) is 6.08 Å². The van der Waals surface area contributed by atoms with E-state index in [9.17, 15) is 28.9 Å². The van der Waals surface area contributed by atoms with E-state index in [4.69, 9.17) is 23.3 Å². The van der Waals surface area contributed by atoms with E-state index >= 15 is 0 Å². The lowest BCUT2D eigenvalue weighted by Gasteiger charge is -2.21. The molecule has 3 atom stereocenters. The van der Waals surface area contributed by atoms with Crippen LogP contribution in [0.2, 0.25) is 0 Å². The van der Waals surface area contributed by atoms with Crippen LogP contribution in [-0.2, 0) is 42.2 Å². The molecule has 0 aliphatic heterocycles. The van der Waals surface area contributed by atoms with Crippen molar-refractivity contribution < 1.29 is 52.2 Å². The van der Waals surface area contributed by atoms with Gasteiger partial charge in [0.2, 0.25) is 0 Å². The van der Waals surface area contributed by atoms with Gasteiger partial charge in [0, 0.05) is 12.8 Å². The third kappa shape index (κ3) is 53.5. The molecule has 11 nitrogen and oxygen atoms in total. The third-order valence-corrected chi connectivity index (χ3v) is 13.3. The molecule has 0 aliphatic rings. The Morgan fingerprint density at radius 3 is 1.24 bits per heavy atom. The van der Waals surface area contributed by atoms with Gasteiger partial charge < -0.3 is 24.2 Å². The average Bonchev–Trinajstić information content (AvgIpc) is 3.39. The number of allylic oxidation sites excluding steroid dienone is 13. The Balaban J connectivity index is 4.77. The first-order valence-electron chi connectivity index (χ1n) is 29.5. The zero-order valence-electron chi connectivity index (χ0n) is 47.0. The molecule has 0 spiro atoms. The number of aliphatic hydroxyl groups excluding tert-OH is 1. The molecule has 3 unspecified atom stereocenters. The molecule has 0 heterocycles. The Labute approximate surface area is 451 Å². The maximum Gasteiger partial charge on any atom is 0.472 e. The minimum Gasteiger partial charge on any atom is -0.462 e. The van der Waals surface area contributed by atoms with Crippen molar-refractivity contribution in [3.8, 4) is 0 Å². The second kappa shape index (κ2) is 55.9. The molecule has 0 bridgehead atoms. The predicted molar refractivity (Wildman–Crippen MR) is 307 cm³/mol. The smallest absolute Gasteiger partial charge is 0.462 e. The molecule has 2 N–H and O–H groups in total. The van der Waals surface area contributed by atoms with Gasteiger partial charge >= 0.3 is 25.7 Å². The van der Waals surface area contributed by atoms with Crippen LogP contribution in [0.15, 0.2) is 85.1 Å². The zero-order valence-corrected chi connectivity index (χ0v) is 47.9. The van der Waals surface area contributed by atoms with Gasteiger partial charge in [-0.15, -0.1) is 0 Å². The Morgan fingerprint density at radius 2 is 0.784 bits per heavy atom. The van der Waals surface area contributed by atoms with E-state index in [2.05, 4.69) is 81.5 Å². The summed E-state index contributed by atoms with van der Waals surface area (Å²) in [5.41, 5.74) is 0. The Kier molecular flexibility index (Phi) is 53.4. The topological polar surface area (TPSA) is 155 Å². The molecule has 0 radical (unpaired) electrons. The van der Waals surface area contributed by atoms with Gasteiger partial charge in [0.25, 0.3) is 0 Å². The first kappa shape index (κ1) is 70.7. The van der Waals surface area contributed by atoms with Crippen molar-refractivity contribution in [2.45, 2.75) is 264 Å². The summed E-state index contributed by atoms with van der Waals surface area (Å²) in [5, 5.41) is 9.79. The van der Waals surface area contributed by atoms with Crippen molar-refractivity contribution in [3.63, 3.8) is 0 Å². The summed E-state index contributed by atoms with van der Waals surface area (Å²) in [5.74, 6) is -1.61. The van der Waals surface area contributed by atoms with Crippen LogP contribution in [0.4, 0.5) is 0 Å². The maximum absolute atomic E-state index is 12.9. The summed E-state index contributed by atoms with van der Waals surface area (Å²) < 4.78 is 39.4. The number of carbonyl (C=O) groups excluding carboxylic acids is 3. The molecule has 0 amide bonds. The molecular weight excluding hydrogens is 952 g/mol. The van der Waals surface area contributed by atoms with Gasteiger partial charge in [-0.1, -0.05) is 247 Å². The van der Waals surface area contributed by atoms with E-state index in [0.29, 0.717) is 19.3 Å². The lowest BCUT2D eigenvalue weighted by molar-refractivity contribution is -0.161. The second-order valence-corrected chi connectivity index (χ2v) is 20.9. The summed E-state index contributed by atoms with van der Waals surface area (Å²) in [6, 6.07) is 0. The molecule has 12 heteroatoms. The summed E-state index contributed by atoms with van der Waals surface area (Å²) in [6.07, 6.45) is 64.3. The highest BCUT2D eigenvalue weighted by molar-refractivity contribution is 7.47. The number of phosphoric acid groups is 1. The Hall–Kier alpha value is -3.34. The number of hydrogen-bond acceptors (Lipinski definition) is 10. The van der Waals surface area contributed by atoms with Crippen LogP contribution in [0, 0.1) is 0 Å². The first-order chi connectivity index (χ1) is 36.2. The third-order valence-electron chi connectivity index (χ3n) is 12.3. The fraction of sp³-hybridized carbons (Fsp3) is 0.726. The highest BCUT2D eigenvalue weighted by atomic mass is 31.2. The van der Waals surface area contributed by atoms with Gasteiger partial charge in [-0.25, -0.2) is 4.57 Å². The predicted octanol–water partition coefficient (Wildman–Crippen LogP) is 17.5. The number of carbonyl (C=O) groups is 3. The summed E-state index contributed by atoms with van der Waals surface area (Å²) in [4.78, 5) is 48.5. The standard InChI is InChI=1S/C62H107O11P/c1-4-7-10-13-16-19-22-25-27-28-29-30-32-35-38-41-44-47-50-53-62(66)73-59(55-69-60(64)51-48-45-42-39-36-33-24-21-18-15-12-9-6-3)57-71-74(67,68)70-56-58(54-63)72-61(65)52-49-46-43-40-37-34-31-26-23-20-17-14-11-8-5-2/h8,11-12,15,17,20-21,24,26,31,37,40,46,49,58-59,63H,4-7,9-10,13-14,16,18-19,22-23,25,27-30,32-36,38-39,41-45,47-48,50-57H2,1-3H3,(H,67,68)/b11-8-,15-12-,20-17-,24-21-,31-26-,40-37-,49-46-. The van der Waals surface area contributed by atoms with Crippen LogP contribution >= 0.6 is 7.82 Å². The van der Waals surface area contributed by atoms with Crippen LogP contribution in [0.3, 0.4) is 0 Å². The number of esters is 3. The van der Waals surface area contributed by atoms with Gasteiger partial charge in [-0.2, -0.15) is 0 Å². The van der Waals surface area contributed by atoms with E-state index in [-0.39, 0.29) is 25.9 Å². The Morgan fingerprint density at radius 1 is 0.405 bits per heavy atom. The highest BCUT2D eigenvalue weighted by Crippen LogP contribution is 2.43. The summed E-state index contributed by atoms with van der Waals surface area (Å²) in [6.45, 7) is 4.36. The van der Waals surface area contributed by atoms with Crippen LogP contribution in [0.5, 0.6) is 0 Å². The fourth-order valence-electron chi connectivity index (χ4n) is 7.88. The molecule has 0 saturated heterocycles. The summed E-state index contributed by atoms with van der Waals surface area (Å²) >= 11 is 0. The second-order valence-electron chi connectivity index (χ2n) is 19.4. The van der Waals surface area contributed by atoms with Gasteiger partial charge in [0.15, 0.2) is 6.10 Å². The molecular formula is C62H107O11P. The van der Waals surface area contributed by atoms with Gasteiger partial charge in [0.05, 0.1) is 26.2 Å². The quantitative estimate of drug-likeness (QED) is 0.0197. The first-order valence-corrected chi connectivity index (χ1v) is 31.0. The minimum atomic E-state index is -4.78. The van der Waals surface area contributed by atoms with Crippen LogP contribution < -0.4 is 0 Å². The average molecular weight is 1060 g/mol. The molecule has 0 aliphatic carbocycles. The highest BCUT2D eigenvalue weighted by Gasteiger charge is 2.28. The molecule has 0 aromatic carbocycles. The largest absolute Gasteiger partial charge is 0.472 e. The SMILES string of the molecule is CC/C=C\C/C=C\C/C=C\C/C=C\C/C=C\CC(=O)OC(CO)COP(=O)(O)OCC(COC(=O)CCCCCCC/C=C\C/C=C\CCC)OC(=O)CCCCCCCCCCCCCCCCCCCCC. The van der Waals surface area contributed by atoms with Crippen molar-refractivity contribution in [3.05, 3.63) is 85.1 Å². The summed E-state index contributed by atoms with van der Waals surface area (Å²) in [7, 11) is -4.78. The van der Waals surface area contributed by atoms with Crippen molar-refractivity contribution in [1.29, 1.82) is 0 Å². The molecule has 0 aromatic rings. The molecule has 0 rings (SSSR count). The number of aliphatic hydroxyl groups is 1. The number of rotatable bonds is 54. The van der Waals surface area contributed by atoms with Gasteiger partial charge in [0.1, 0.15) is 12.7 Å². The molecule has 0 aromatic heterocycles. The lowest BCUT2D eigenvalue weighted by Crippen LogP contribution is -2.30. The number of hydrogen-bond donors (Lipinski definition) is 2. The van der Waals surface area contributed by atoms with Crippen LogP contribution in [-0.4, -0.2) is 66.5 Å². The lowest BCUT2D eigenvalue weighted by atomic mass is 10.0. The minimum absolute atomic E-state index is 0.0574. The molecule has 0 saturated carbocycles. The zero-order chi connectivity index (χ0) is 54.1. The van der Waals surface area contributed by atoms with Gasteiger partial charge in [-0.3, -0.25) is 23.4 Å². The monoisotopic (exact) mass is 1060 g/mol. The van der Waals surface area contributed by atoms with E-state index < -0.39 is 57.8 Å². The van der Waals surface area contributed by atoms with E-state index in [0.717, 1.165) is 89.9 Å². The van der Waals surface area contributed by atoms with Crippen molar-refractivity contribution in [2.24, 2.45) is 0 Å². The van der Waals surface area contributed by atoms with E-state index in [1.165, 1.54) is 103 Å². The van der Waals surface area contributed by atoms with Crippen LogP contribution in [0.1, 0.15) is 252 Å². The van der Waals surface area contributed by atoms with Crippen molar-refractivity contribution in [2.75, 3.05) is 26.4 Å². The molecule has 0 fully saturated rings. The Bertz CT molecular complexity index is 1560. The van der Waals surface area contributed by atoms with Gasteiger partial charge in [-0.05, 0) is 70.6 Å². The normalized spacial score (nSPS) is 14.0. The number of unbranched alkanes of at least 4 members (excludes halogenated alkanes) is 24. The molecule has 426 valence electrons. The van der Waals surface area contributed by atoms with Crippen LogP contribution in [0.25, 0.3) is 0 Å². The fourth-order valence-corrected chi connectivity index (χ4v) is 8.67. The van der Waals surface area contributed by atoms with E-state index in [1.807, 2.05) is 18.2 Å².